The van der Waals surface area contributed by atoms with E-state index >= 15 is 0 Å². The largest absolute Gasteiger partial charge is 0.364 e. The molecule has 0 aliphatic carbocycles. The number of nitrogens with two attached hydrogens (primary N) is 1. The first-order chi connectivity index (χ1) is 5.84. The molecule has 0 aliphatic rings. The highest BCUT2D eigenvalue weighted by Gasteiger charge is 2.06. The molecular formula is C9H16N2O. The number of aromatic nitrogens is 1. The SMILES string of the molecule is CCCCCC(N)c1cnoc1. The molecule has 12 heavy (non-hydrogen) atoms. The van der Waals surface area contributed by atoms with Crippen LogP contribution in [0.1, 0.15) is 44.2 Å². The zero-order valence-electron chi connectivity index (χ0n) is 7.49. The predicted molar refractivity (Wildman–Crippen MR) is 47.6 cm³/mol. The van der Waals surface area contributed by atoms with Crippen molar-refractivity contribution >= 4 is 0 Å². The molecule has 0 aromatic carbocycles. The minimum absolute atomic E-state index is 0.0998. The van der Waals surface area contributed by atoms with Crippen LogP contribution in [0.25, 0.3) is 0 Å². The summed E-state index contributed by atoms with van der Waals surface area (Å²) in [6.45, 7) is 2.19. The molecule has 0 spiro atoms. The Kier molecular flexibility index (Phi) is 3.80. The lowest BCUT2D eigenvalue weighted by atomic mass is 10.1. The van der Waals surface area contributed by atoms with Gasteiger partial charge >= 0.3 is 0 Å². The summed E-state index contributed by atoms with van der Waals surface area (Å²) in [7, 11) is 0. The Hall–Kier alpha value is -0.830. The van der Waals surface area contributed by atoms with Crippen LogP contribution in [-0.2, 0) is 0 Å². The van der Waals surface area contributed by atoms with E-state index in [2.05, 4.69) is 12.1 Å². The molecule has 1 heterocycles. The van der Waals surface area contributed by atoms with Gasteiger partial charge in [-0.3, -0.25) is 0 Å². The van der Waals surface area contributed by atoms with E-state index in [-0.39, 0.29) is 6.04 Å². The molecular weight excluding hydrogens is 152 g/mol. The van der Waals surface area contributed by atoms with Crippen molar-refractivity contribution in [3.63, 3.8) is 0 Å². The Balaban J connectivity index is 2.25. The molecule has 1 unspecified atom stereocenters. The van der Waals surface area contributed by atoms with Gasteiger partial charge in [0.25, 0.3) is 0 Å². The number of rotatable bonds is 5. The molecule has 0 saturated carbocycles. The van der Waals surface area contributed by atoms with Crippen molar-refractivity contribution in [2.45, 2.75) is 38.6 Å². The summed E-state index contributed by atoms with van der Waals surface area (Å²) < 4.78 is 4.71. The first kappa shape index (κ1) is 9.26. The highest BCUT2D eigenvalue weighted by molar-refractivity contribution is 5.06. The van der Waals surface area contributed by atoms with E-state index in [9.17, 15) is 0 Å². The Morgan fingerprint density at radius 1 is 1.58 bits per heavy atom. The van der Waals surface area contributed by atoms with Crippen molar-refractivity contribution in [1.82, 2.24) is 5.16 Å². The molecule has 0 aliphatic heterocycles. The van der Waals surface area contributed by atoms with E-state index in [0.717, 1.165) is 12.0 Å². The van der Waals surface area contributed by atoms with Crippen molar-refractivity contribution in [3.8, 4) is 0 Å². The monoisotopic (exact) mass is 168 g/mol. The van der Waals surface area contributed by atoms with Crippen LogP contribution in [0.3, 0.4) is 0 Å². The second-order valence-corrected chi connectivity index (χ2v) is 3.06. The molecule has 3 heteroatoms. The van der Waals surface area contributed by atoms with E-state index in [1.54, 1.807) is 12.5 Å². The first-order valence-electron chi connectivity index (χ1n) is 4.49. The van der Waals surface area contributed by atoms with Crippen molar-refractivity contribution in [2.24, 2.45) is 5.73 Å². The van der Waals surface area contributed by atoms with Gasteiger partial charge in [-0.1, -0.05) is 31.3 Å². The Labute approximate surface area is 72.9 Å². The molecule has 1 aromatic heterocycles. The molecule has 1 aromatic rings. The third kappa shape index (κ3) is 2.66. The average molecular weight is 168 g/mol. The Bertz CT molecular complexity index is 196. The minimum atomic E-state index is 0.0998. The molecule has 0 radical (unpaired) electrons. The van der Waals surface area contributed by atoms with Gasteiger partial charge in [0.15, 0.2) is 0 Å². The topological polar surface area (TPSA) is 52.0 Å². The molecule has 0 saturated heterocycles. The summed E-state index contributed by atoms with van der Waals surface area (Å²) in [4.78, 5) is 0. The second kappa shape index (κ2) is 4.93. The van der Waals surface area contributed by atoms with Gasteiger partial charge in [-0.25, -0.2) is 0 Å². The molecule has 3 nitrogen and oxygen atoms in total. The second-order valence-electron chi connectivity index (χ2n) is 3.06. The number of hydrogen-bond acceptors (Lipinski definition) is 3. The summed E-state index contributed by atoms with van der Waals surface area (Å²) in [6, 6.07) is 0.0998. The van der Waals surface area contributed by atoms with Crippen LogP contribution in [-0.4, -0.2) is 5.16 Å². The maximum atomic E-state index is 5.88. The van der Waals surface area contributed by atoms with Crippen molar-refractivity contribution in [2.75, 3.05) is 0 Å². The Morgan fingerprint density at radius 2 is 2.42 bits per heavy atom. The third-order valence-corrected chi connectivity index (χ3v) is 2.00. The van der Waals surface area contributed by atoms with Crippen LogP contribution >= 0.6 is 0 Å². The molecule has 1 rings (SSSR count). The van der Waals surface area contributed by atoms with Gasteiger partial charge in [-0.2, -0.15) is 0 Å². The van der Waals surface area contributed by atoms with Crippen LogP contribution in [0.15, 0.2) is 17.0 Å². The van der Waals surface area contributed by atoms with Crippen LogP contribution in [0, 0.1) is 0 Å². The van der Waals surface area contributed by atoms with Gasteiger partial charge in [-0.05, 0) is 6.42 Å². The summed E-state index contributed by atoms with van der Waals surface area (Å²) in [5, 5.41) is 3.62. The standard InChI is InChI=1S/C9H16N2O/c1-2-3-4-5-9(10)8-6-11-12-7-8/h6-7,9H,2-5,10H2,1H3. The number of nitrogens with zero attached hydrogens (tertiary/aromatic N) is 1. The van der Waals surface area contributed by atoms with Crippen LogP contribution < -0.4 is 5.73 Å². The molecule has 0 fully saturated rings. The van der Waals surface area contributed by atoms with E-state index in [4.69, 9.17) is 10.3 Å². The van der Waals surface area contributed by atoms with Gasteiger partial charge in [0, 0.05) is 11.6 Å². The molecule has 0 bridgehead atoms. The zero-order valence-corrected chi connectivity index (χ0v) is 7.49. The van der Waals surface area contributed by atoms with E-state index < -0.39 is 0 Å². The fraction of sp³-hybridized carbons (Fsp3) is 0.667. The highest BCUT2D eigenvalue weighted by Crippen LogP contribution is 2.15. The summed E-state index contributed by atoms with van der Waals surface area (Å²) in [5.41, 5.74) is 6.89. The molecule has 2 N–H and O–H groups in total. The normalized spacial score (nSPS) is 13.2. The molecule has 1 atom stereocenters. The molecule has 68 valence electrons. The minimum Gasteiger partial charge on any atom is -0.364 e. The van der Waals surface area contributed by atoms with Crippen LogP contribution in [0.5, 0.6) is 0 Å². The van der Waals surface area contributed by atoms with E-state index in [0.29, 0.717) is 0 Å². The maximum Gasteiger partial charge on any atom is 0.128 e. The summed E-state index contributed by atoms with van der Waals surface area (Å²) in [6.07, 6.45) is 8.00. The van der Waals surface area contributed by atoms with E-state index in [1.165, 1.54) is 19.3 Å². The Morgan fingerprint density at radius 3 is 3.00 bits per heavy atom. The van der Waals surface area contributed by atoms with Crippen molar-refractivity contribution in [3.05, 3.63) is 18.0 Å². The van der Waals surface area contributed by atoms with Gasteiger partial charge in [0.1, 0.15) is 6.26 Å². The van der Waals surface area contributed by atoms with E-state index in [1.807, 2.05) is 0 Å². The zero-order chi connectivity index (χ0) is 8.81. The highest BCUT2D eigenvalue weighted by atomic mass is 16.5. The summed E-state index contributed by atoms with van der Waals surface area (Å²) >= 11 is 0. The lowest BCUT2D eigenvalue weighted by molar-refractivity contribution is 0.417. The fourth-order valence-corrected chi connectivity index (χ4v) is 1.18. The molecule has 0 amide bonds. The quantitative estimate of drug-likeness (QED) is 0.686. The van der Waals surface area contributed by atoms with Crippen LogP contribution in [0.2, 0.25) is 0 Å². The van der Waals surface area contributed by atoms with Crippen molar-refractivity contribution < 1.29 is 4.52 Å². The number of hydrogen-bond donors (Lipinski definition) is 1. The van der Waals surface area contributed by atoms with Gasteiger partial charge in [-0.15, -0.1) is 0 Å². The van der Waals surface area contributed by atoms with Gasteiger partial charge < -0.3 is 10.3 Å². The smallest absolute Gasteiger partial charge is 0.128 e. The lowest BCUT2D eigenvalue weighted by Gasteiger charge is -2.06. The average Bonchev–Trinajstić information content (AvgIpc) is 2.56. The fourth-order valence-electron chi connectivity index (χ4n) is 1.18. The first-order valence-corrected chi connectivity index (χ1v) is 4.49. The predicted octanol–water partition coefficient (Wildman–Crippen LogP) is 2.25. The number of unbranched alkanes of at least 4 members (excludes halogenated alkanes) is 2. The lowest BCUT2D eigenvalue weighted by Crippen LogP contribution is -2.08. The maximum absolute atomic E-state index is 5.88. The van der Waals surface area contributed by atoms with Crippen molar-refractivity contribution in [1.29, 1.82) is 0 Å². The van der Waals surface area contributed by atoms with Gasteiger partial charge in [0.05, 0.1) is 6.20 Å². The summed E-state index contributed by atoms with van der Waals surface area (Å²) in [5.74, 6) is 0. The third-order valence-electron chi connectivity index (χ3n) is 2.00. The van der Waals surface area contributed by atoms with Gasteiger partial charge in [0.2, 0.25) is 0 Å². The van der Waals surface area contributed by atoms with Crippen LogP contribution in [0.4, 0.5) is 0 Å².